The van der Waals surface area contributed by atoms with E-state index in [0.29, 0.717) is 0 Å². The molecule has 150 valence electrons. The van der Waals surface area contributed by atoms with E-state index in [1.54, 1.807) is 0 Å². The van der Waals surface area contributed by atoms with Gasteiger partial charge in [0, 0.05) is 34.6 Å². The van der Waals surface area contributed by atoms with Crippen LogP contribution >= 0.6 is 39.9 Å². The van der Waals surface area contributed by atoms with Gasteiger partial charge in [0.25, 0.3) is 0 Å². The van der Waals surface area contributed by atoms with Crippen molar-refractivity contribution < 1.29 is 0 Å². The summed E-state index contributed by atoms with van der Waals surface area (Å²) in [6.07, 6.45) is 9.85. The molecule has 0 N–H and O–H groups in total. The molecule has 1 fully saturated rings. The van der Waals surface area contributed by atoms with Crippen LogP contribution in [0.15, 0.2) is 34.6 Å². The number of halogens is 2. The fraction of sp³-hybridized carbons (Fsp3) is 0.591. The van der Waals surface area contributed by atoms with Crippen LogP contribution in [0.4, 0.5) is 0 Å². The minimum atomic E-state index is 0. The normalized spacial score (nSPS) is 16.5. The highest BCUT2D eigenvalue weighted by Gasteiger charge is 2.39. The largest absolute Gasteiger partial charge is 0.320 e. The van der Waals surface area contributed by atoms with Crippen molar-refractivity contribution in [2.75, 3.05) is 6.54 Å². The molecule has 3 rings (SSSR count). The Bertz CT molecular complexity index is 757. The second-order valence-electron chi connectivity index (χ2n) is 7.44. The molecule has 1 saturated carbocycles. The highest BCUT2D eigenvalue weighted by Crippen LogP contribution is 2.46. The minimum Gasteiger partial charge on any atom is -0.320 e. The molecular weight excluding hydrogens is 440 g/mol. The van der Waals surface area contributed by atoms with E-state index in [-0.39, 0.29) is 22.4 Å². The average Bonchev–Trinajstić information content (AvgIpc) is 3.29. The molecule has 1 aliphatic rings. The summed E-state index contributed by atoms with van der Waals surface area (Å²) in [6.45, 7) is 6.52. The maximum absolute atomic E-state index is 6.17. The standard InChI is InChI=1S/C22H31ClN2S.BrH/c1-3-5-15-24-21-25(16-6-4-2)20(17-26-21)22(13-7-8-14-22)18-9-11-19(23)12-10-18;/h9-12,17H,3-8,13-16H2,1-2H3;1H/b24-21+;. The predicted molar refractivity (Wildman–Crippen MR) is 124 cm³/mol. The number of benzene rings is 1. The van der Waals surface area contributed by atoms with Gasteiger partial charge in [-0.15, -0.1) is 28.3 Å². The molecule has 0 unspecified atom stereocenters. The summed E-state index contributed by atoms with van der Waals surface area (Å²) < 4.78 is 2.53. The van der Waals surface area contributed by atoms with Crippen molar-refractivity contribution in [3.05, 3.63) is 50.7 Å². The number of thiazole rings is 1. The molecule has 1 aromatic carbocycles. The van der Waals surface area contributed by atoms with Crippen LogP contribution in [-0.2, 0) is 12.0 Å². The monoisotopic (exact) mass is 470 g/mol. The van der Waals surface area contributed by atoms with Crippen molar-refractivity contribution in [2.45, 2.75) is 77.2 Å². The smallest absolute Gasteiger partial charge is 0.184 e. The van der Waals surface area contributed by atoms with Crippen molar-refractivity contribution in [2.24, 2.45) is 4.99 Å². The second kappa shape index (κ2) is 10.8. The lowest BCUT2D eigenvalue weighted by molar-refractivity contribution is 0.466. The minimum absolute atomic E-state index is 0. The molecule has 27 heavy (non-hydrogen) atoms. The van der Waals surface area contributed by atoms with E-state index in [1.165, 1.54) is 67.4 Å². The van der Waals surface area contributed by atoms with Gasteiger partial charge in [0.15, 0.2) is 4.80 Å². The average molecular weight is 472 g/mol. The molecule has 0 bridgehead atoms. The number of rotatable bonds is 8. The molecule has 2 nitrogen and oxygen atoms in total. The zero-order chi connectivity index (χ0) is 18.4. The SMILES string of the molecule is Br.CCCC/N=c1/scc(C2(c3ccc(Cl)cc3)CCCC2)n1CCCC. The summed E-state index contributed by atoms with van der Waals surface area (Å²) in [5.41, 5.74) is 3.03. The third-order valence-electron chi connectivity index (χ3n) is 5.64. The first kappa shape index (κ1) is 22.7. The Kier molecular flexibility index (Phi) is 9.10. The highest BCUT2D eigenvalue weighted by molar-refractivity contribution is 8.93. The van der Waals surface area contributed by atoms with Crippen molar-refractivity contribution in [1.82, 2.24) is 4.57 Å². The molecule has 1 heterocycles. The number of aromatic nitrogens is 1. The van der Waals surface area contributed by atoms with Crippen LogP contribution < -0.4 is 4.80 Å². The van der Waals surface area contributed by atoms with Crippen LogP contribution in [-0.4, -0.2) is 11.1 Å². The zero-order valence-electron chi connectivity index (χ0n) is 16.5. The van der Waals surface area contributed by atoms with Crippen molar-refractivity contribution >= 4 is 39.9 Å². The van der Waals surface area contributed by atoms with Crippen LogP contribution in [0.3, 0.4) is 0 Å². The second-order valence-corrected chi connectivity index (χ2v) is 8.71. The Balaban J connectivity index is 0.00000261. The van der Waals surface area contributed by atoms with Crippen LogP contribution in [0.5, 0.6) is 0 Å². The molecule has 0 spiro atoms. The fourth-order valence-corrected chi connectivity index (χ4v) is 5.32. The maximum Gasteiger partial charge on any atom is 0.184 e. The Hall–Kier alpha value is -0.580. The molecule has 0 radical (unpaired) electrons. The van der Waals surface area contributed by atoms with Gasteiger partial charge >= 0.3 is 0 Å². The highest BCUT2D eigenvalue weighted by atomic mass is 79.9. The van der Waals surface area contributed by atoms with Gasteiger partial charge in [-0.1, -0.05) is 63.3 Å². The molecular formula is C22H32BrClN2S. The quantitative estimate of drug-likeness (QED) is 0.364. The molecule has 0 aliphatic heterocycles. The van der Waals surface area contributed by atoms with Gasteiger partial charge in [-0.3, -0.25) is 4.99 Å². The van der Waals surface area contributed by atoms with Gasteiger partial charge in [-0.05, 0) is 43.4 Å². The van der Waals surface area contributed by atoms with Crippen LogP contribution in [0.2, 0.25) is 5.02 Å². The van der Waals surface area contributed by atoms with Gasteiger partial charge < -0.3 is 4.57 Å². The lowest BCUT2D eigenvalue weighted by atomic mass is 9.76. The summed E-state index contributed by atoms with van der Waals surface area (Å²) >= 11 is 8.00. The van der Waals surface area contributed by atoms with Gasteiger partial charge in [0.05, 0.1) is 0 Å². The molecule has 0 amide bonds. The van der Waals surface area contributed by atoms with E-state index < -0.39 is 0 Å². The van der Waals surface area contributed by atoms with Crippen molar-refractivity contribution in [3.8, 4) is 0 Å². The number of hydrogen-bond acceptors (Lipinski definition) is 2. The number of hydrogen-bond donors (Lipinski definition) is 0. The van der Waals surface area contributed by atoms with E-state index in [2.05, 4.69) is 35.9 Å². The molecule has 1 aromatic heterocycles. The van der Waals surface area contributed by atoms with E-state index in [0.717, 1.165) is 18.1 Å². The van der Waals surface area contributed by atoms with Crippen LogP contribution in [0.25, 0.3) is 0 Å². The van der Waals surface area contributed by atoms with Gasteiger partial charge in [-0.2, -0.15) is 0 Å². The van der Waals surface area contributed by atoms with E-state index in [9.17, 15) is 0 Å². The lowest BCUT2D eigenvalue weighted by Gasteiger charge is -2.31. The van der Waals surface area contributed by atoms with E-state index in [4.69, 9.17) is 16.6 Å². The van der Waals surface area contributed by atoms with Gasteiger partial charge in [0.1, 0.15) is 0 Å². The molecule has 2 aromatic rings. The first-order valence-electron chi connectivity index (χ1n) is 10.2. The van der Waals surface area contributed by atoms with Gasteiger partial charge in [-0.25, -0.2) is 0 Å². The Labute approximate surface area is 183 Å². The van der Waals surface area contributed by atoms with Crippen molar-refractivity contribution in [1.29, 1.82) is 0 Å². The summed E-state index contributed by atoms with van der Waals surface area (Å²) in [5.74, 6) is 0. The van der Waals surface area contributed by atoms with Gasteiger partial charge in [0.2, 0.25) is 0 Å². The number of nitrogens with zero attached hydrogens (tertiary/aromatic N) is 2. The Morgan fingerprint density at radius 3 is 2.37 bits per heavy atom. The first-order valence-corrected chi connectivity index (χ1v) is 11.4. The summed E-state index contributed by atoms with van der Waals surface area (Å²) in [7, 11) is 0. The van der Waals surface area contributed by atoms with Crippen LogP contribution in [0, 0.1) is 0 Å². The lowest BCUT2D eigenvalue weighted by Crippen LogP contribution is -2.31. The van der Waals surface area contributed by atoms with E-state index in [1.807, 2.05) is 23.5 Å². The zero-order valence-corrected chi connectivity index (χ0v) is 19.8. The molecule has 0 atom stereocenters. The maximum atomic E-state index is 6.17. The van der Waals surface area contributed by atoms with E-state index >= 15 is 0 Å². The molecule has 0 saturated heterocycles. The van der Waals surface area contributed by atoms with Crippen LogP contribution in [0.1, 0.15) is 76.5 Å². The topological polar surface area (TPSA) is 17.3 Å². The molecule has 5 heteroatoms. The summed E-state index contributed by atoms with van der Waals surface area (Å²) in [6, 6.07) is 8.57. The fourth-order valence-electron chi connectivity index (χ4n) is 4.14. The third-order valence-corrected chi connectivity index (χ3v) is 6.79. The third kappa shape index (κ3) is 5.07. The first-order chi connectivity index (χ1) is 12.7. The Morgan fingerprint density at radius 2 is 1.74 bits per heavy atom. The summed E-state index contributed by atoms with van der Waals surface area (Å²) in [4.78, 5) is 6.15. The number of unbranched alkanes of at least 4 members (excludes halogenated alkanes) is 2. The Morgan fingerprint density at radius 1 is 1.07 bits per heavy atom. The summed E-state index contributed by atoms with van der Waals surface area (Å²) in [5, 5.41) is 3.21. The molecule has 1 aliphatic carbocycles. The predicted octanol–water partition coefficient (Wildman–Crippen LogP) is 7.14. The van der Waals surface area contributed by atoms with Crippen molar-refractivity contribution in [3.63, 3.8) is 0 Å².